The molecule has 5 heteroatoms. The Hall–Kier alpha value is -2.95. The first-order chi connectivity index (χ1) is 9.92. The SMILES string of the molecule is c1ccc(-n2nccc2-c2ccn3nccc3n2)cc1. The molecule has 0 aliphatic carbocycles. The van der Waals surface area contributed by atoms with Gasteiger partial charge >= 0.3 is 0 Å². The zero-order valence-electron chi connectivity index (χ0n) is 10.6. The Labute approximate surface area is 115 Å². The maximum atomic E-state index is 4.60. The smallest absolute Gasteiger partial charge is 0.155 e. The van der Waals surface area contributed by atoms with E-state index in [4.69, 9.17) is 0 Å². The Morgan fingerprint density at radius 1 is 0.800 bits per heavy atom. The van der Waals surface area contributed by atoms with E-state index in [1.54, 1.807) is 16.9 Å². The molecule has 4 aromatic rings. The quantitative estimate of drug-likeness (QED) is 0.557. The van der Waals surface area contributed by atoms with Crippen LogP contribution in [0.1, 0.15) is 0 Å². The average molecular weight is 261 g/mol. The molecule has 0 saturated carbocycles. The van der Waals surface area contributed by atoms with Crippen LogP contribution in [0.4, 0.5) is 0 Å². The largest absolute Gasteiger partial charge is 0.232 e. The third-order valence-electron chi connectivity index (χ3n) is 3.16. The van der Waals surface area contributed by atoms with Gasteiger partial charge in [-0.25, -0.2) is 14.2 Å². The topological polar surface area (TPSA) is 48.0 Å². The van der Waals surface area contributed by atoms with E-state index in [9.17, 15) is 0 Å². The Bertz CT molecular complexity index is 860. The second-order valence-corrected chi connectivity index (χ2v) is 4.41. The van der Waals surface area contributed by atoms with E-state index in [0.717, 1.165) is 22.7 Å². The van der Waals surface area contributed by atoms with Gasteiger partial charge in [-0.15, -0.1) is 0 Å². The van der Waals surface area contributed by atoms with Crippen LogP contribution in [0, 0.1) is 0 Å². The van der Waals surface area contributed by atoms with Crippen molar-refractivity contribution in [1.29, 1.82) is 0 Å². The Morgan fingerprint density at radius 2 is 1.65 bits per heavy atom. The molecule has 0 unspecified atom stereocenters. The predicted octanol–water partition coefficient (Wildman–Crippen LogP) is 2.58. The zero-order chi connectivity index (χ0) is 13.4. The van der Waals surface area contributed by atoms with Gasteiger partial charge in [-0.05, 0) is 24.3 Å². The Kier molecular flexibility index (Phi) is 2.35. The number of para-hydroxylation sites is 1. The lowest BCUT2D eigenvalue weighted by Crippen LogP contribution is -2.00. The molecular weight excluding hydrogens is 250 g/mol. The Morgan fingerprint density at radius 3 is 2.55 bits per heavy atom. The summed E-state index contributed by atoms with van der Waals surface area (Å²) < 4.78 is 3.63. The summed E-state index contributed by atoms with van der Waals surface area (Å²) in [7, 11) is 0. The summed E-state index contributed by atoms with van der Waals surface area (Å²) in [5.74, 6) is 0. The van der Waals surface area contributed by atoms with Crippen LogP contribution in [0.15, 0.2) is 67.1 Å². The van der Waals surface area contributed by atoms with Gasteiger partial charge in [0.2, 0.25) is 0 Å². The number of fused-ring (bicyclic) bond motifs is 1. The maximum Gasteiger partial charge on any atom is 0.155 e. The summed E-state index contributed by atoms with van der Waals surface area (Å²) >= 11 is 0. The first kappa shape index (κ1) is 10.9. The van der Waals surface area contributed by atoms with Crippen molar-refractivity contribution in [2.24, 2.45) is 0 Å². The van der Waals surface area contributed by atoms with Crippen molar-refractivity contribution in [3.05, 3.63) is 67.1 Å². The number of nitrogens with zero attached hydrogens (tertiary/aromatic N) is 5. The summed E-state index contributed by atoms with van der Waals surface area (Å²) in [4.78, 5) is 4.60. The molecule has 0 spiro atoms. The van der Waals surface area contributed by atoms with Gasteiger partial charge in [0.05, 0.1) is 29.5 Å². The standard InChI is InChI=1S/C15H11N5/c1-2-4-12(5-3-1)20-14(6-9-17-20)13-8-11-19-15(18-13)7-10-16-19/h1-11H. The van der Waals surface area contributed by atoms with Crippen LogP contribution >= 0.6 is 0 Å². The predicted molar refractivity (Wildman–Crippen MR) is 75.5 cm³/mol. The molecule has 0 atom stereocenters. The van der Waals surface area contributed by atoms with Crippen LogP contribution in [0.5, 0.6) is 0 Å². The molecule has 0 aliphatic heterocycles. The lowest BCUT2D eigenvalue weighted by Gasteiger charge is -2.07. The number of hydrogen-bond acceptors (Lipinski definition) is 3. The van der Waals surface area contributed by atoms with Crippen molar-refractivity contribution in [2.45, 2.75) is 0 Å². The lowest BCUT2D eigenvalue weighted by atomic mass is 10.2. The van der Waals surface area contributed by atoms with Crippen LogP contribution in [0.25, 0.3) is 22.7 Å². The molecule has 0 bridgehead atoms. The molecule has 0 radical (unpaired) electrons. The van der Waals surface area contributed by atoms with E-state index in [1.807, 2.05) is 59.4 Å². The third kappa shape index (κ3) is 1.68. The monoisotopic (exact) mass is 261 g/mol. The molecule has 0 fully saturated rings. The van der Waals surface area contributed by atoms with E-state index < -0.39 is 0 Å². The van der Waals surface area contributed by atoms with E-state index >= 15 is 0 Å². The number of hydrogen-bond donors (Lipinski definition) is 0. The van der Waals surface area contributed by atoms with Crippen molar-refractivity contribution in [2.75, 3.05) is 0 Å². The number of aromatic nitrogens is 5. The normalized spacial score (nSPS) is 11.0. The highest BCUT2D eigenvalue weighted by Crippen LogP contribution is 2.20. The molecule has 3 heterocycles. The molecule has 96 valence electrons. The molecule has 1 aromatic carbocycles. The molecule has 0 amide bonds. The van der Waals surface area contributed by atoms with E-state index in [0.29, 0.717) is 0 Å². The molecule has 0 N–H and O–H groups in total. The minimum Gasteiger partial charge on any atom is -0.232 e. The molecular formula is C15H11N5. The fourth-order valence-electron chi connectivity index (χ4n) is 2.23. The van der Waals surface area contributed by atoms with Gasteiger partial charge in [0.15, 0.2) is 5.65 Å². The molecule has 3 aromatic heterocycles. The van der Waals surface area contributed by atoms with Gasteiger partial charge < -0.3 is 0 Å². The first-order valence-corrected chi connectivity index (χ1v) is 6.32. The van der Waals surface area contributed by atoms with Crippen molar-refractivity contribution in [1.82, 2.24) is 24.4 Å². The van der Waals surface area contributed by atoms with Gasteiger partial charge in [0.25, 0.3) is 0 Å². The highest BCUT2D eigenvalue weighted by Gasteiger charge is 2.09. The van der Waals surface area contributed by atoms with E-state index in [-0.39, 0.29) is 0 Å². The van der Waals surface area contributed by atoms with Crippen molar-refractivity contribution >= 4 is 5.65 Å². The average Bonchev–Trinajstić information content (AvgIpc) is 3.16. The highest BCUT2D eigenvalue weighted by molar-refractivity contribution is 5.59. The van der Waals surface area contributed by atoms with E-state index in [1.165, 1.54) is 0 Å². The van der Waals surface area contributed by atoms with Gasteiger partial charge in [0, 0.05) is 12.3 Å². The van der Waals surface area contributed by atoms with Crippen LogP contribution < -0.4 is 0 Å². The van der Waals surface area contributed by atoms with Gasteiger partial charge in [0.1, 0.15) is 0 Å². The molecule has 5 nitrogen and oxygen atoms in total. The van der Waals surface area contributed by atoms with Crippen LogP contribution in [-0.4, -0.2) is 24.4 Å². The first-order valence-electron chi connectivity index (χ1n) is 6.32. The van der Waals surface area contributed by atoms with Gasteiger partial charge in [-0.3, -0.25) is 0 Å². The fourth-order valence-corrected chi connectivity index (χ4v) is 2.23. The van der Waals surface area contributed by atoms with Crippen molar-refractivity contribution in [3.63, 3.8) is 0 Å². The summed E-state index contributed by atoms with van der Waals surface area (Å²) in [6.07, 6.45) is 5.42. The second-order valence-electron chi connectivity index (χ2n) is 4.41. The van der Waals surface area contributed by atoms with Crippen LogP contribution in [0.2, 0.25) is 0 Å². The summed E-state index contributed by atoms with van der Waals surface area (Å²) in [6.45, 7) is 0. The fraction of sp³-hybridized carbons (Fsp3) is 0. The molecule has 0 saturated heterocycles. The van der Waals surface area contributed by atoms with Gasteiger partial charge in [-0.1, -0.05) is 18.2 Å². The third-order valence-corrected chi connectivity index (χ3v) is 3.16. The molecule has 4 rings (SSSR count). The van der Waals surface area contributed by atoms with Crippen LogP contribution in [0.3, 0.4) is 0 Å². The highest BCUT2D eigenvalue weighted by atomic mass is 15.3. The zero-order valence-corrected chi connectivity index (χ0v) is 10.6. The minimum atomic E-state index is 0.823. The van der Waals surface area contributed by atoms with Crippen molar-refractivity contribution in [3.8, 4) is 17.1 Å². The Balaban J connectivity index is 1.88. The van der Waals surface area contributed by atoms with Crippen LogP contribution in [-0.2, 0) is 0 Å². The van der Waals surface area contributed by atoms with Gasteiger partial charge in [-0.2, -0.15) is 10.2 Å². The maximum absolute atomic E-state index is 4.60. The number of rotatable bonds is 2. The van der Waals surface area contributed by atoms with Crippen molar-refractivity contribution < 1.29 is 0 Å². The minimum absolute atomic E-state index is 0.823. The molecule has 0 aliphatic rings. The second kappa shape index (κ2) is 4.31. The summed E-state index contributed by atoms with van der Waals surface area (Å²) in [6, 6.07) is 15.8. The lowest BCUT2D eigenvalue weighted by molar-refractivity contribution is 0.880. The molecule has 20 heavy (non-hydrogen) atoms. The summed E-state index contributed by atoms with van der Waals surface area (Å²) in [5.41, 5.74) is 3.67. The van der Waals surface area contributed by atoms with E-state index in [2.05, 4.69) is 15.2 Å². The number of benzene rings is 1. The summed E-state index contributed by atoms with van der Waals surface area (Å²) in [5, 5.41) is 8.54.